The first-order chi connectivity index (χ1) is 7.40. The maximum atomic E-state index is 9.69. The van der Waals surface area contributed by atoms with Gasteiger partial charge in [0.1, 0.15) is 5.76 Å². The third kappa shape index (κ3) is 3.20. The molecule has 1 N–H and O–H groups in total. The number of rotatable bonds is 4. The van der Waals surface area contributed by atoms with Gasteiger partial charge in [-0.15, -0.1) is 0 Å². The normalized spacial score (nSPS) is 13.9. The molecule has 6 heteroatoms. The smallest absolute Gasteiger partial charge is 0.223 e. The number of furan rings is 1. The Balaban J connectivity index is 2.86. The van der Waals surface area contributed by atoms with E-state index in [0.29, 0.717) is 5.88 Å². The molecule has 0 amide bonds. The molecule has 0 spiro atoms. The van der Waals surface area contributed by atoms with Crippen molar-refractivity contribution in [3.05, 3.63) is 17.9 Å². The van der Waals surface area contributed by atoms with Gasteiger partial charge < -0.3 is 14.4 Å². The molecule has 0 aliphatic heterocycles. The molecule has 92 valence electrons. The number of hydrogen-bond acceptors (Lipinski definition) is 3. The van der Waals surface area contributed by atoms with E-state index in [0.717, 1.165) is 13.1 Å². The Bertz CT molecular complexity index is 331. The quantitative estimate of drug-likeness (QED) is 0.860. The Kier molecular flexibility index (Phi) is 4.80. The van der Waals surface area contributed by atoms with E-state index >= 15 is 0 Å². The van der Waals surface area contributed by atoms with Crippen LogP contribution in [-0.2, 0) is 0 Å². The number of aliphatic hydroxyl groups is 1. The zero-order chi connectivity index (χ0) is 12.3. The minimum Gasteiger partial charge on any atom is -0.443 e. The Morgan fingerprint density at radius 2 is 1.88 bits per heavy atom. The van der Waals surface area contributed by atoms with E-state index in [1.807, 2.05) is 18.7 Å². The summed E-state index contributed by atoms with van der Waals surface area (Å²) >= 11 is 16.7. The van der Waals surface area contributed by atoms with Crippen molar-refractivity contribution in [2.45, 2.75) is 23.7 Å². The predicted octanol–water partition coefficient (Wildman–Crippen LogP) is 3.53. The Morgan fingerprint density at radius 1 is 1.31 bits per heavy atom. The highest BCUT2D eigenvalue weighted by atomic mass is 35.6. The number of hydrogen-bond donors (Lipinski definition) is 1. The van der Waals surface area contributed by atoms with Crippen LogP contribution in [0.2, 0.25) is 0 Å². The van der Waals surface area contributed by atoms with E-state index < -0.39 is 9.90 Å². The fourth-order valence-electron chi connectivity index (χ4n) is 1.36. The van der Waals surface area contributed by atoms with Gasteiger partial charge in [0.05, 0.1) is 0 Å². The number of aliphatic hydroxyl groups excluding tert-OH is 1. The van der Waals surface area contributed by atoms with Crippen LogP contribution in [0.4, 0.5) is 5.88 Å². The van der Waals surface area contributed by atoms with Gasteiger partial charge in [-0.2, -0.15) is 0 Å². The molecule has 16 heavy (non-hydrogen) atoms. The first kappa shape index (κ1) is 14.0. The molecule has 0 bridgehead atoms. The van der Waals surface area contributed by atoms with Crippen LogP contribution in [0.1, 0.15) is 25.7 Å². The third-order valence-electron chi connectivity index (χ3n) is 2.27. The molecule has 0 saturated heterocycles. The minimum absolute atomic E-state index is 0.252. The summed E-state index contributed by atoms with van der Waals surface area (Å²) in [6.07, 6.45) is -1.26. The first-order valence-electron chi connectivity index (χ1n) is 4.99. The predicted molar refractivity (Wildman–Crippen MR) is 67.5 cm³/mol. The molecule has 0 aliphatic carbocycles. The van der Waals surface area contributed by atoms with Crippen LogP contribution in [0.15, 0.2) is 16.5 Å². The average Bonchev–Trinajstić information content (AvgIpc) is 2.66. The summed E-state index contributed by atoms with van der Waals surface area (Å²) < 4.78 is 3.66. The molecule has 1 aromatic heterocycles. The van der Waals surface area contributed by atoms with E-state index in [1.54, 1.807) is 12.1 Å². The van der Waals surface area contributed by atoms with Crippen molar-refractivity contribution in [2.75, 3.05) is 18.0 Å². The second-order valence-electron chi connectivity index (χ2n) is 3.29. The van der Waals surface area contributed by atoms with Gasteiger partial charge in [-0.05, 0) is 19.9 Å². The standard InChI is InChI=1S/C10H14Cl3NO2/c1-3-14(4-2)8-6-5-7(16-8)9(15)10(11,12)13/h5-6,9,15H,3-4H2,1-2H3. The number of nitrogens with zero attached hydrogens (tertiary/aromatic N) is 1. The van der Waals surface area contributed by atoms with Crippen molar-refractivity contribution in [2.24, 2.45) is 0 Å². The SMILES string of the molecule is CCN(CC)c1ccc(C(O)C(Cl)(Cl)Cl)o1. The highest BCUT2D eigenvalue weighted by Crippen LogP contribution is 2.40. The molecule has 0 saturated carbocycles. The van der Waals surface area contributed by atoms with Gasteiger partial charge in [-0.3, -0.25) is 0 Å². The van der Waals surface area contributed by atoms with E-state index in [4.69, 9.17) is 39.2 Å². The van der Waals surface area contributed by atoms with Crippen molar-refractivity contribution < 1.29 is 9.52 Å². The topological polar surface area (TPSA) is 36.6 Å². The second-order valence-corrected chi connectivity index (χ2v) is 5.66. The van der Waals surface area contributed by atoms with E-state index in [9.17, 15) is 5.11 Å². The number of halogens is 3. The zero-order valence-corrected chi connectivity index (χ0v) is 11.4. The summed E-state index contributed by atoms with van der Waals surface area (Å²) in [4.78, 5) is 1.99. The Hall–Kier alpha value is -0.0900. The highest BCUT2D eigenvalue weighted by Gasteiger charge is 2.34. The van der Waals surface area contributed by atoms with Crippen molar-refractivity contribution in [3.63, 3.8) is 0 Å². The van der Waals surface area contributed by atoms with Crippen molar-refractivity contribution in [1.29, 1.82) is 0 Å². The van der Waals surface area contributed by atoms with Crippen molar-refractivity contribution in [3.8, 4) is 0 Å². The Labute approximate surface area is 110 Å². The Morgan fingerprint density at radius 3 is 2.31 bits per heavy atom. The van der Waals surface area contributed by atoms with Gasteiger partial charge in [-0.25, -0.2) is 0 Å². The van der Waals surface area contributed by atoms with Gasteiger partial charge in [0, 0.05) is 19.2 Å². The van der Waals surface area contributed by atoms with E-state index in [2.05, 4.69) is 0 Å². The van der Waals surface area contributed by atoms with Crippen LogP contribution in [0.3, 0.4) is 0 Å². The minimum atomic E-state index is -1.78. The fourth-order valence-corrected chi connectivity index (χ4v) is 1.68. The van der Waals surface area contributed by atoms with Crippen molar-refractivity contribution >= 4 is 40.7 Å². The molecule has 1 atom stereocenters. The molecule has 0 aromatic carbocycles. The molecular weight excluding hydrogens is 272 g/mol. The maximum Gasteiger partial charge on any atom is 0.223 e. The van der Waals surface area contributed by atoms with Crippen LogP contribution in [0, 0.1) is 0 Å². The second kappa shape index (κ2) is 5.50. The molecule has 0 aliphatic rings. The zero-order valence-electron chi connectivity index (χ0n) is 9.08. The summed E-state index contributed by atoms with van der Waals surface area (Å²) in [5, 5.41) is 9.69. The molecular formula is C10H14Cl3NO2. The highest BCUT2D eigenvalue weighted by molar-refractivity contribution is 6.67. The molecule has 0 radical (unpaired) electrons. The molecule has 3 nitrogen and oxygen atoms in total. The van der Waals surface area contributed by atoms with Gasteiger partial charge in [-0.1, -0.05) is 34.8 Å². The third-order valence-corrected chi connectivity index (χ3v) is 2.89. The number of alkyl halides is 3. The van der Waals surface area contributed by atoms with E-state index in [1.165, 1.54) is 0 Å². The van der Waals surface area contributed by atoms with Crippen LogP contribution in [-0.4, -0.2) is 22.0 Å². The lowest BCUT2D eigenvalue weighted by atomic mass is 10.3. The van der Waals surface area contributed by atoms with Gasteiger partial charge in [0.2, 0.25) is 3.79 Å². The van der Waals surface area contributed by atoms with Crippen molar-refractivity contribution in [1.82, 2.24) is 0 Å². The monoisotopic (exact) mass is 285 g/mol. The largest absolute Gasteiger partial charge is 0.443 e. The molecule has 0 fully saturated rings. The number of anilines is 1. The summed E-state index contributed by atoms with van der Waals surface area (Å²) in [6, 6.07) is 3.36. The lowest BCUT2D eigenvalue weighted by Gasteiger charge is -2.19. The van der Waals surface area contributed by atoms with Gasteiger partial charge in [0.25, 0.3) is 0 Å². The van der Waals surface area contributed by atoms with E-state index in [-0.39, 0.29) is 5.76 Å². The van der Waals surface area contributed by atoms with Crippen LogP contribution < -0.4 is 4.90 Å². The average molecular weight is 287 g/mol. The summed E-state index contributed by atoms with van der Waals surface area (Å²) in [5.41, 5.74) is 0. The first-order valence-corrected chi connectivity index (χ1v) is 6.13. The van der Waals surface area contributed by atoms with Crippen LogP contribution >= 0.6 is 34.8 Å². The molecule has 1 aromatic rings. The summed E-state index contributed by atoms with van der Waals surface area (Å²) in [6.45, 7) is 5.65. The lowest BCUT2D eigenvalue weighted by molar-refractivity contribution is 0.154. The summed E-state index contributed by atoms with van der Waals surface area (Å²) in [5.74, 6) is 0.912. The molecule has 1 unspecified atom stereocenters. The maximum absolute atomic E-state index is 9.69. The fraction of sp³-hybridized carbons (Fsp3) is 0.600. The summed E-state index contributed by atoms with van der Waals surface area (Å²) in [7, 11) is 0. The molecule has 1 rings (SSSR count). The van der Waals surface area contributed by atoms with Gasteiger partial charge in [0.15, 0.2) is 12.0 Å². The van der Waals surface area contributed by atoms with Gasteiger partial charge >= 0.3 is 0 Å². The molecule has 1 heterocycles. The van der Waals surface area contributed by atoms with Crippen LogP contribution in [0.5, 0.6) is 0 Å². The lowest BCUT2D eigenvalue weighted by Crippen LogP contribution is -2.21. The van der Waals surface area contributed by atoms with Crippen LogP contribution in [0.25, 0.3) is 0 Å².